The van der Waals surface area contributed by atoms with Gasteiger partial charge in [-0.2, -0.15) is 5.26 Å². The molecule has 1 saturated carbocycles. The maximum Gasteiger partial charge on any atom is 0.255 e. The maximum atomic E-state index is 13.0. The molecule has 0 aliphatic heterocycles. The molecule has 9 nitrogen and oxygen atoms in total. The number of nitriles is 1. The zero-order valence-electron chi connectivity index (χ0n) is 21.9. The zero-order chi connectivity index (χ0) is 27.6. The van der Waals surface area contributed by atoms with Crippen molar-refractivity contribution in [2.45, 2.75) is 39.0 Å². The summed E-state index contributed by atoms with van der Waals surface area (Å²) in [4.78, 5) is 42.9. The van der Waals surface area contributed by atoms with Crippen LogP contribution in [0.1, 0.15) is 48.3 Å². The third-order valence-electron chi connectivity index (χ3n) is 6.59. The van der Waals surface area contributed by atoms with Crippen LogP contribution in [0.2, 0.25) is 0 Å². The minimum atomic E-state index is -0.809. The molecule has 1 fully saturated rings. The lowest BCUT2D eigenvalue weighted by atomic mass is 9.90. The van der Waals surface area contributed by atoms with Crippen molar-refractivity contribution in [1.82, 2.24) is 19.9 Å². The van der Waals surface area contributed by atoms with Crippen LogP contribution in [-0.2, 0) is 10.2 Å². The molecule has 3 aromatic heterocycles. The van der Waals surface area contributed by atoms with E-state index < -0.39 is 5.41 Å². The second-order valence-electron chi connectivity index (χ2n) is 10.1. The van der Waals surface area contributed by atoms with E-state index in [0.29, 0.717) is 34.3 Å². The van der Waals surface area contributed by atoms with Crippen molar-refractivity contribution in [3.63, 3.8) is 0 Å². The number of rotatable bonds is 7. The number of aromatic nitrogens is 4. The largest absolute Gasteiger partial charge is 0.322 e. The minimum Gasteiger partial charge on any atom is -0.322 e. The molecular formula is C30H27N7O2. The van der Waals surface area contributed by atoms with Gasteiger partial charge >= 0.3 is 0 Å². The number of hydrogen-bond acceptors (Lipinski definition) is 7. The van der Waals surface area contributed by atoms with Gasteiger partial charge in [-0.1, -0.05) is 6.07 Å². The Bertz CT molecular complexity index is 1620. The molecule has 0 bridgehead atoms. The molecule has 39 heavy (non-hydrogen) atoms. The summed E-state index contributed by atoms with van der Waals surface area (Å²) in [6, 6.07) is 16.5. The molecule has 0 atom stereocenters. The standard InChI is InChI=1S/C30H27N7O2/c1-18-4-7-22(35-29(39)21-9-11-32-25(14-21)30(2,3)17-31)16-23(18)24-10-13-34-27(36-24)20-8-12-33-26(15-20)37-28(38)19-5-6-19/h4,7-16,19H,5-6H2,1-3H3,(H,35,39)(H,33,37,38). The Morgan fingerprint density at radius 1 is 0.949 bits per heavy atom. The first-order chi connectivity index (χ1) is 18.7. The molecule has 4 aromatic rings. The second kappa shape index (κ2) is 10.4. The van der Waals surface area contributed by atoms with Gasteiger partial charge in [-0.25, -0.2) is 15.0 Å². The Morgan fingerprint density at radius 3 is 2.49 bits per heavy atom. The number of nitrogens with one attached hydrogen (secondary N) is 2. The molecule has 2 amide bonds. The highest BCUT2D eigenvalue weighted by Crippen LogP contribution is 2.31. The van der Waals surface area contributed by atoms with Gasteiger partial charge in [-0.3, -0.25) is 14.6 Å². The van der Waals surface area contributed by atoms with Crippen molar-refractivity contribution in [1.29, 1.82) is 5.26 Å². The first-order valence-electron chi connectivity index (χ1n) is 12.6. The number of nitrogens with zero attached hydrogens (tertiary/aromatic N) is 5. The molecule has 3 heterocycles. The van der Waals surface area contributed by atoms with E-state index in [1.807, 2.05) is 31.2 Å². The lowest BCUT2D eigenvalue weighted by molar-refractivity contribution is -0.117. The lowest BCUT2D eigenvalue weighted by Gasteiger charge is -2.15. The highest BCUT2D eigenvalue weighted by atomic mass is 16.2. The third kappa shape index (κ3) is 5.80. The van der Waals surface area contributed by atoms with Gasteiger partial charge < -0.3 is 10.6 Å². The number of amides is 2. The average molecular weight is 518 g/mol. The summed E-state index contributed by atoms with van der Waals surface area (Å²) in [5.74, 6) is 0.728. The van der Waals surface area contributed by atoms with Gasteiger partial charge in [0.05, 0.1) is 22.9 Å². The van der Waals surface area contributed by atoms with E-state index in [1.54, 1.807) is 50.5 Å². The fourth-order valence-electron chi connectivity index (χ4n) is 4.01. The predicted octanol–water partition coefficient (Wildman–Crippen LogP) is 5.31. The molecule has 0 unspecified atom stereocenters. The van der Waals surface area contributed by atoms with Crippen LogP contribution >= 0.6 is 0 Å². The van der Waals surface area contributed by atoms with Crippen LogP contribution in [0.5, 0.6) is 0 Å². The van der Waals surface area contributed by atoms with E-state index in [4.69, 9.17) is 4.98 Å². The number of carbonyl (C=O) groups is 2. The highest BCUT2D eigenvalue weighted by Gasteiger charge is 2.29. The molecule has 1 aliphatic carbocycles. The molecular weight excluding hydrogens is 490 g/mol. The van der Waals surface area contributed by atoms with Gasteiger partial charge in [0.1, 0.15) is 5.82 Å². The Labute approximate surface area is 226 Å². The molecule has 0 saturated heterocycles. The van der Waals surface area contributed by atoms with Gasteiger partial charge in [0, 0.05) is 46.9 Å². The van der Waals surface area contributed by atoms with Gasteiger partial charge in [0.25, 0.3) is 5.91 Å². The number of carbonyl (C=O) groups excluding carboxylic acids is 2. The fourth-order valence-corrected chi connectivity index (χ4v) is 4.01. The van der Waals surface area contributed by atoms with E-state index in [2.05, 4.69) is 31.7 Å². The normalized spacial score (nSPS) is 12.9. The van der Waals surface area contributed by atoms with Crippen LogP contribution in [-0.4, -0.2) is 31.8 Å². The fraction of sp³-hybridized carbons (Fsp3) is 0.233. The van der Waals surface area contributed by atoms with Crippen LogP contribution < -0.4 is 10.6 Å². The topological polar surface area (TPSA) is 134 Å². The molecule has 1 aromatic carbocycles. The minimum absolute atomic E-state index is 0.0134. The third-order valence-corrected chi connectivity index (χ3v) is 6.59. The summed E-state index contributed by atoms with van der Waals surface area (Å²) in [7, 11) is 0. The summed E-state index contributed by atoms with van der Waals surface area (Å²) < 4.78 is 0. The SMILES string of the molecule is Cc1ccc(NC(=O)c2ccnc(C(C)(C)C#N)c2)cc1-c1ccnc(-c2ccnc(NC(=O)C3CC3)c2)n1. The van der Waals surface area contributed by atoms with Crippen molar-refractivity contribution < 1.29 is 9.59 Å². The van der Waals surface area contributed by atoms with Gasteiger partial charge in [0.15, 0.2) is 5.82 Å². The Morgan fingerprint density at radius 2 is 1.72 bits per heavy atom. The number of hydrogen-bond donors (Lipinski definition) is 2. The number of pyridine rings is 2. The number of aryl methyl sites for hydroxylation is 1. The highest BCUT2D eigenvalue weighted by molar-refractivity contribution is 6.04. The van der Waals surface area contributed by atoms with Gasteiger partial charge in [0.2, 0.25) is 5.91 Å². The summed E-state index contributed by atoms with van der Waals surface area (Å²) in [6.07, 6.45) is 6.67. The average Bonchev–Trinajstić information content (AvgIpc) is 3.80. The Hall–Kier alpha value is -4.97. The molecule has 2 N–H and O–H groups in total. The van der Waals surface area contributed by atoms with Crippen molar-refractivity contribution in [2.24, 2.45) is 5.92 Å². The lowest BCUT2D eigenvalue weighted by Crippen LogP contribution is -2.18. The van der Waals surface area contributed by atoms with Crippen LogP contribution in [0.15, 0.2) is 67.1 Å². The van der Waals surface area contributed by atoms with Gasteiger partial charge in [-0.05, 0) is 81.6 Å². The van der Waals surface area contributed by atoms with Crippen molar-refractivity contribution in [3.05, 3.63) is 83.9 Å². The molecule has 9 heteroatoms. The van der Waals surface area contributed by atoms with Crippen molar-refractivity contribution in [2.75, 3.05) is 10.6 Å². The molecule has 1 aliphatic rings. The molecule has 194 valence electrons. The van der Waals surface area contributed by atoms with E-state index in [-0.39, 0.29) is 17.7 Å². The van der Waals surface area contributed by atoms with Crippen molar-refractivity contribution >= 4 is 23.3 Å². The summed E-state index contributed by atoms with van der Waals surface area (Å²) in [5.41, 5.74) is 3.98. The number of benzene rings is 1. The smallest absolute Gasteiger partial charge is 0.255 e. The molecule has 5 rings (SSSR count). The first kappa shape index (κ1) is 25.7. The second-order valence-corrected chi connectivity index (χ2v) is 10.1. The molecule has 0 spiro atoms. The summed E-state index contributed by atoms with van der Waals surface area (Å²) in [5, 5.41) is 15.2. The molecule has 0 radical (unpaired) electrons. The van der Waals surface area contributed by atoms with Crippen LogP contribution in [0.25, 0.3) is 22.6 Å². The van der Waals surface area contributed by atoms with E-state index in [1.165, 1.54) is 6.20 Å². The van der Waals surface area contributed by atoms with Crippen molar-refractivity contribution in [3.8, 4) is 28.7 Å². The van der Waals surface area contributed by atoms with E-state index in [0.717, 1.165) is 29.5 Å². The maximum absolute atomic E-state index is 13.0. The Kier molecular flexibility index (Phi) is 6.86. The number of anilines is 2. The monoisotopic (exact) mass is 517 g/mol. The summed E-state index contributed by atoms with van der Waals surface area (Å²) >= 11 is 0. The zero-order valence-corrected chi connectivity index (χ0v) is 21.9. The van der Waals surface area contributed by atoms with Crippen LogP contribution in [0.4, 0.5) is 11.5 Å². The van der Waals surface area contributed by atoms with Crippen LogP contribution in [0.3, 0.4) is 0 Å². The predicted molar refractivity (Wildman–Crippen MR) is 148 cm³/mol. The summed E-state index contributed by atoms with van der Waals surface area (Å²) in [6.45, 7) is 5.49. The van der Waals surface area contributed by atoms with E-state index in [9.17, 15) is 14.9 Å². The van der Waals surface area contributed by atoms with Gasteiger partial charge in [-0.15, -0.1) is 0 Å². The Balaban J connectivity index is 1.38. The van der Waals surface area contributed by atoms with E-state index >= 15 is 0 Å². The first-order valence-corrected chi connectivity index (χ1v) is 12.6. The van der Waals surface area contributed by atoms with Crippen LogP contribution in [0, 0.1) is 24.2 Å². The quantitative estimate of drug-likeness (QED) is 0.339.